The van der Waals surface area contributed by atoms with Crippen molar-refractivity contribution in [2.75, 3.05) is 5.73 Å². The summed E-state index contributed by atoms with van der Waals surface area (Å²) in [4.78, 5) is 4.05. The van der Waals surface area contributed by atoms with E-state index in [9.17, 15) is 4.39 Å². The summed E-state index contributed by atoms with van der Waals surface area (Å²) in [5, 5.41) is 4.70. The highest BCUT2D eigenvalue weighted by atomic mass is 19.1. The van der Waals surface area contributed by atoms with Crippen LogP contribution < -0.4 is 5.73 Å². The molecule has 1 aromatic carbocycles. The number of hydrogen-bond acceptors (Lipinski definition) is 4. The van der Waals surface area contributed by atoms with E-state index in [2.05, 4.69) is 16.8 Å². The van der Waals surface area contributed by atoms with Gasteiger partial charge in [0.25, 0.3) is 0 Å². The quantitative estimate of drug-likeness (QED) is 0.676. The number of halogens is 1. The van der Waals surface area contributed by atoms with Crippen molar-refractivity contribution >= 4 is 5.82 Å². The van der Waals surface area contributed by atoms with Gasteiger partial charge in [-0.15, -0.1) is 0 Å². The van der Waals surface area contributed by atoms with E-state index in [1.165, 1.54) is 6.07 Å². The summed E-state index contributed by atoms with van der Waals surface area (Å²) in [5.41, 5.74) is 10.5. The Bertz CT molecular complexity index is 1060. The molecule has 1 atom stereocenters. The van der Waals surface area contributed by atoms with Gasteiger partial charge in [0.1, 0.15) is 17.3 Å². The predicted octanol–water partition coefficient (Wildman–Crippen LogP) is 3.16. The maximum atomic E-state index is 13.7. The number of aromatic nitrogens is 3. The molecule has 0 spiro atoms. The average Bonchev–Trinajstić information content (AvgIpc) is 3.01. The van der Waals surface area contributed by atoms with Gasteiger partial charge in [0.2, 0.25) is 0 Å². The third kappa shape index (κ3) is 3.42. The van der Waals surface area contributed by atoms with E-state index < -0.39 is 0 Å². The molecule has 136 valence electrons. The number of nitrogens with two attached hydrogens (primary N) is 1. The molecule has 3 aromatic rings. The number of ether oxygens (including phenoxy) is 1. The third-order valence-electron chi connectivity index (χ3n) is 4.58. The first-order valence-corrected chi connectivity index (χ1v) is 8.73. The largest absolute Gasteiger partial charge is 0.384 e. The predicted molar refractivity (Wildman–Crippen MR) is 101 cm³/mol. The molecular formula is C21H19FN4O. The zero-order valence-corrected chi connectivity index (χ0v) is 15.2. The average molecular weight is 362 g/mol. The van der Waals surface area contributed by atoms with Crippen LogP contribution in [0.4, 0.5) is 10.2 Å². The van der Waals surface area contributed by atoms with Crippen LogP contribution in [0.15, 0.2) is 36.5 Å². The fraction of sp³-hybridized carbons (Fsp3) is 0.238. The smallest absolute Gasteiger partial charge is 0.141 e. The van der Waals surface area contributed by atoms with Gasteiger partial charge < -0.3 is 10.5 Å². The van der Waals surface area contributed by atoms with Crippen LogP contribution >= 0.6 is 0 Å². The molecule has 0 fully saturated rings. The monoisotopic (exact) mass is 362 g/mol. The summed E-state index contributed by atoms with van der Waals surface area (Å²) in [6.07, 6.45) is 2.45. The van der Waals surface area contributed by atoms with E-state index in [1.807, 2.05) is 17.7 Å². The molecule has 0 amide bonds. The summed E-state index contributed by atoms with van der Waals surface area (Å²) >= 11 is 0. The van der Waals surface area contributed by atoms with Crippen molar-refractivity contribution in [3.63, 3.8) is 0 Å². The van der Waals surface area contributed by atoms with Crippen LogP contribution in [-0.2, 0) is 17.8 Å². The Kier molecular flexibility index (Phi) is 4.38. The molecule has 2 aromatic heterocycles. The van der Waals surface area contributed by atoms with Crippen LogP contribution in [0.2, 0.25) is 0 Å². The Morgan fingerprint density at radius 2 is 2.11 bits per heavy atom. The maximum Gasteiger partial charge on any atom is 0.141 e. The normalized spacial score (nSPS) is 15.7. The van der Waals surface area contributed by atoms with Gasteiger partial charge in [0.05, 0.1) is 24.1 Å². The number of anilines is 1. The lowest BCUT2D eigenvalue weighted by Crippen LogP contribution is -2.21. The van der Waals surface area contributed by atoms with Crippen molar-refractivity contribution in [1.82, 2.24) is 14.8 Å². The molecule has 2 N–H and O–H groups in total. The minimum Gasteiger partial charge on any atom is -0.384 e. The number of fused-ring (bicyclic) bond motifs is 1. The first-order chi connectivity index (χ1) is 13.0. The van der Waals surface area contributed by atoms with Crippen molar-refractivity contribution in [1.29, 1.82) is 0 Å². The molecule has 6 heteroatoms. The molecule has 1 aliphatic rings. The Morgan fingerprint density at radius 3 is 2.85 bits per heavy atom. The zero-order valence-electron chi connectivity index (χ0n) is 15.2. The summed E-state index contributed by atoms with van der Waals surface area (Å²) in [7, 11) is 0. The van der Waals surface area contributed by atoms with Gasteiger partial charge in [-0.05, 0) is 55.7 Å². The second-order valence-electron chi connectivity index (χ2n) is 6.67. The van der Waals surface area contributed by atoms with E-state index in [1.54, 1.807) is 31.3 Å². The van der Waals surface area contributed by atoms with Crippen molar-refractivity contribution in [3.05, 3.63) is 70.4 Å². The Hall–Kier alpha value is -3.17. The van der Waals surface area contributed by atoms with Crippen molar-refractivity contribution in [2.45, 2.75) is 33.0 Å². The number of benzene rings is 1. The lowest BCUT2D eigenvalue weighted by atomic mass is 10.0. The van der Waals surface area contributed by atoms with Crippen molar-refractivity contribution < 1.29 is 9.13 Å². The molecule has 0 unspecified atom stereocenters. The van der Waals surface area contributed by atoms with Crippen LogP contribution in [0.25, 0.3) is 5.69 Å². The number of nitrogens with zero attached hydrogens (tertiary/aromatic N) is 3. The highest BCUT2D eigenvalue weighted by Gasteiger charge is 2.25. The molecular weight excluding hydrogens is 343 g/mol. The Labute approximate surface area is 157 Å². The van der Waals surface area contributed by atoms with E-state index in [0.717, 1.165) is 28.9 Å². The molecule has 3 heterocycles. The topological polar surface area (TPSA) is 66.0 Å². The summed E-state index contributed by atoms with van der Waals surface area (Å²) in [6, 6.07) is 8.53. The fourth-order valence-corrected chi connectivity index (χ4v) is 3.09. The van der Waals surface area contributed by atoms with Gasteiger partial charge in [-0.3, -0.25) is 0 Å². The zero-order chi connectivity index (χ0) is 19.0. The molecule has 0 radical (unpaired) electrons. The molecule has 0 bridgehead atoms. The molecule has 0 saturated heterocycles. The first kappa shape index (κ1) is 17.3. The molecule has 0 aliphatic carbocycles. The SMILES string of the molecule is Cc1cc(-n2nc(C#Cc3ccc(N)nc3)c3c2C[C@H](C)OC3)ccc1F. The van der Waals surface area contributed by atoms with Gasteiger partial charge in [0, 0.05) is 23.7 Å². The number of rotatable bonds is 1. The number of aryl methyl sites for hydroxylation is 1. The van der Waals surface area contributed by atoms with Gasteiger partial charge in [-0.2, -0.15) is 5.10 Å². The summed E-state index contributed by atoms with van der Waals surface area (Å²) in [5.74, 6) is 6.42. The molecule has 5 nitrogen and oxygen atoms in total. The van der Waals surface area contributed by atoms with Crippen molar-refractivity contribution in [3.8, 4) is 17.5 Å². The lowest BCUT2D eigenvalue weighted by molar-refractivity contribution is 0.0397. The standard InChI is InChI=1S/C21H19FN4O/c1-13-9-16(5-6-18(13)22)26-20-10-14(2)27-12-17(20)19(25-26)7-3-15-4-8-21(23)24-11-15/h4-6,8-9,11,14H,10,12H2,1-2H3,(H2,23,24)/t14-/m0/s1. The number of nitrogen functional groups attached to an aromatic ring is 1. The van der Waals surface area contributed by atoms with Crippen LogP contribution in [0, 0.1) is 24.6 Å². The van der Waals surface area contributed by atoms with Gasteiger partial charge in [-0.1, -0.05) is 5.92 Å². The number of hydrogen-bond donors (Lipinski definition) is 1. The van der Waals surface area contributed by atoms with Crippen molar-refractivity contribution in [2.24, 2.45) is 0 Å². The van der Waals surface area contributed by atoms with Crippen LogP contribution in [0.5, 0.6) is 0 Å². The third-order valence-corrected chi connectivity index (χ3v) is 4.58. The summed E-state index contributed by atoms with van der Waals surface area (Å²) in [6.45, 7) is 4.23. The minimum atomic E-state index is -0.229. The maximum absolute atomic E-state index is 13.7. The first-order valence-electron chi connectivity index (χ1n) is 8.73. The second-order valence-corrected chi connectivity index (χ2v) is 6.67. The van der Waals surface area contributed by atoms with E-state index >= 15 is 0 Å². The lowest BCUT2D eigenvalue weighted by Gasteiger charge is -2.21. The van der Waals surface area contributed by atoms with Crippen LogP contribution in [-0.4, -0.2) is 20.9 Å². The van der Waals surface area contributed by atoms with Crippen LogP contribution in [0.3, 0.4) is 0 Å². The van der Waals surface area contributed by atoms with E-state index in [0.29, 0.717) is 23.7 Å². The highest BCUT2D eigenvalue weighted by Crippen LogP contribution is 2.27. The Morgan fingerprint density at radius 1 is 1.26 bits per heavy atom. The summed E-state index contributed by atoms with van der Waals surface area (Å²) < 4.78 is 21.3. The Balaban J connectivity index is 1.79. The van der Waals surface area contributed by atoms with E-state index in [-0.39, 0.29) is 11.9 Å². The fourth-order valence-electron chi connectivity index (χ4n) is 3.09. The van der Waals surface area contributed by atoms with Gasteiger partial charge in [0.15, 0.2) is 0 Å². The molecule has 1 aliphatic heterocycles. The highest BCUT2D eigenvalue weighted by molar-refractivity contribution is 5.48. The molecule has 0 saturated carbocycles. The number of pyridine rings is 1. The molecule has 27 heavy (non-hydrogen) atoms. The van der Waals surface area contributed by atoms with Gasteiger partial charge in [-0.25, -0.2) is 14.1 Å². The minimum absolute atomic E-state index is 0.0941. The molecule has 4 rings (SSSR count). The van der Waals surface area contributed by atoms with Crippen LogP contribution in [0.1, 0.15) is 35.0 Å². The second kappa shape index (κ2) is 6.86. The van der Waals surface area contributed by atoms with E-state index in [4.69, 9.17) is 15.6 Å². The van der Waals surface area contributed by atoms with Gasteiger partial charge >= 0.3 is 0 Å².